The highest BCUT2D eigenvalue weighted by atomic mass is 16.5. The van der Waals surface area contributed by atoms with Crippen LogP contribution >= 0.6 is 0 Å². The van der Waals surface area contributed by atoms with Crippen molar-refractivity contribution in [1.29, 1.82) is 0 Å². The summed E-state index contributed by atoms with van der Waals surface area (Å²) in [6, 6.07) is 6.07. The number of rotatable bonds is 3. The first-order valence-corrected chi connectivity index (χ1v) is 6.25. The molecule has 0 amide bonds. The third kappa shape index (κ3) is 2.51. The molecular weight excluding hydrogens is 212 g/mol. The van der Waals surface area contributed by atoms with Gasteiger partial charge in [0.05, 0.1) is 5.41 Å². The van der Waals surface area contributed by atoms with E-state index in [4.69, 9.17) is 4.74 Å². The minimum atomic E-state index is -0.224. The van der Waals surface area contributed by atoms with E-state index in [1.165, 1.54) is 0 Å². The van der Waals surface area contributed by atoms with Crippen LogP contribution < -0.4 is 4.74 Å². The van der Waals surface area contributed by atoms with Crippen molar-refractivity contribution >= 4 is 5.97 Å². The zero-order chi connectivity index (χ0) is 12.6. The van der Waals surface area contributed by atoms with Crippen molar-refractivity contribution in [3.63, 3.8) is 0 Å². The molecule has 17 heavy (non-hydrogen) atoms. The van der Waals surface area contributed by atoms with Gasteiger partial charge in [-0.15, -0.1) is 0 Å². The summed E-state index contributed by atoms with van der Waals surface area (Å²) in [4.78, 5) is 12.0. The molecule has 0 heterocycles. The van der Waals surface area contributed by atoms with E-state index in [1.807, 2.05) is 19.9 Å². The molecule has 0 unspecified atom stereocenters. The fourth-order valence-electron chi connectivity index (χ4n) is 1.82. The molecule has 92 valence electrons. The number of esters is 1. The van der Waals surface area contributed by atoms with E-state index in [-0.39, 0.29) is 11.4 Å². The lowest BCUT2D eigenvalue weighted by Crippen LogP contribution is -2.19. The second-order valence-electron chi connectivity index (χ2n) is 5.65. The first kappa shape index (κ1) is 12.2. The van der Waals surface area contributed by atoms with Crippen LogP contribution in [0.15, 0.2) is 18.2 Å². The first-order valence-electron chi connectivity index (χ1n) is 6.25. The molecule has 1 fully saturated rings. The highest BCUT2D eigenvalue weighted by molar-refractivity contribution is 5.81. The minimum Gasteiger partial charge on any atom is -0.426 e. The predicted octanol–water partition coefficient (Wildman–Crippen LogP) is 3.82. The quantitative estimate of drug-likeness (QED) is 0.585. The average molecular weight is 232 g/mol. The lowest BCUT2D eigenvalue weighted by molar-refractivity contribution is -0.139. The molecule has 0 saturated heterocycles. The largest absolute Gasteiger partial charge is 0.426 e. The maximum atomic E-state index is 12.0. The Hall–Kier alpha value is -1.31. The Balaban J connectivity index is 2.24. The molecule has 1 aliphatic rings. The second-order valence-corrected chi connectivity index (χ2v) is 5.65. The molecule has 2 rings (SSSR count). The summed E-state index contributed by atoms with van der Waals surface area (Å²) in [5.74, 6) is 1.02. The lowest BCUT2D eigenvalue weighted by Gasteiger charge is -2.15. The Morgan fingerprint density at radius 2 is 2.00 bits per heavy atom. The summed E-state index contributed by atoms with van der Waals surface area (Å²) in [5.41, 5.74) is 2.00. The fraction of sp³-hybridized carbons (Fsp3) is 0.533. The molecule has 0 radical (unpaired) electrons. The topological polar surface area (TPSA) is 26.3 Å². The molecule has 0 aliphatic heterocycles. The van der Waals surface area contributed by atoms with Crippen LogP contribution in [0.3, 0.4) is 0 Å². The van der Waals surface area contributed by atoms with Crippen LogP contribution in [0.2, 0.25) is 0 Å². The molecule has 0 spiro atoms. The number of hydrogen-bond acceptors (Lipinski definition) is 2. The number of hydrogen-bond donors (Lipinski definition) is 0. The number of aryl methyl sites for hydroxylation is 1. The van der Waals surface area contributed by atoms with E-state index in [1.54, 1.807) is 0 Å². The molecule has 2 nitrogen and oxygen atoms in total. The third-order valence-electron chi connectivity index (χ3n) is 3.49. The number of carbonyl (C=O) groups is 1. The number of carbonyl (C=O) groups excluding carboxylic acids is 1. The van der Waals surface area contributed by atoms with Crippen LogP contribution in [-0.4, -0.2) is 5.97 Å². The van der Waals surface area contributed by atoms with Crippen molar-refractivity contribution in [3.8, 4) is 5.75 Å². The first-order chi connectivity index (χ1) is 7.92. The SMILES string of the molecule is Cc1ccc(C(C)C)c(OC(=O)C2(C)CC2)c1. The van der Waals surface area contributed by atoms with Gasteiger partial charge in [0, 0.05) is 0 Å². The van der Waals surface area contributed by atoms with Crippen molar-refractivity contribution in [2.24, 2.45) is 5.41 Å². The fourth-order valence-corrected chi connectivity index (χ4v) is 1.82. The van der Waals surface area contributed by atoms with Gasteiger partial charge in [0.2, 0.25) is 0 Å². The zero-order valence-corrected chi connectivity index (χ0v) is 11.0. The van der Waals surface area contributed by atoms with Gasteiger partial charge in [-0.05, 0) is 49.8 Å². The Kier molecular flexibility index (Phi) is 2.98. The standard InChI is InChI=1S/C15H20O2/c1-10(2)12-6-5-11(3)9-13(12)17-14(16)15(4)7-8-15/h5-6,9-10H,7-8H2,1-4H3. The predicted molar refractivity (Wildman–Crippen MR) is 68.2 cm³/mol. The van der Waals surface area contributed by atoms with Crippen molar-refractivity contribution in [2.75, 3.05) is 0 Å². The van der Waals surface area contributed by atoms with E-state index in [0.29, 0.717) is 5.92 Å². The number of ether oxygens (including phenoxy) is 1. The molecule has 1 aromatic carbocycles. The maximum absolute atomic E-state index is 12.0. The Morgan fingerprint density at radius 1 is 1.35 bits per heavy atom. The highest BCUT2D eigenvalue weighted by Crippen LogP contribution is 2.46. The molecule has 0 aromatic heterocycles. The molecule has 0 atom stereocenters. The van der Waals surface area contributed by atoms with Crippen LogP contribution in [-0.2, 0) is 4.79 Å². The molecule has 1 aliphatic carbocycles. The van der Waals surface area contributed by atoms with Crippen LogP contribution in [0.5, 0.6) is 5.75 Å². The smallest absolute Gasteiger partial charge is 0.317 e. The average Bonchev–Trinajstić information content (AvgIpc) is 2.97. The van der Waals surface area contributed by atoms with Crippen molar-refractivity contribution in [3.05, 3.63) is 29.3 Å². The van der Waals surface area contributed by atoms with Gasteiger partial charge in [-0.3, -0.25) is 4.79 Å². The summed E-state index contributed by atoms with van der Waals surface area (Å²) in [5, 5.41) is 0. The summed E-state index contributed by atoms with van der Waals surface area (Å²) in [6.45, 7) is 8.21. The summed E-state index contributed by atoms with van der Waals surface area (Å²) in [7, 11) is 0. The van der Waals surface area contributed by atoms with Crippen molar-refractivity contribution in [1.82, 2.24) is 0 Å². The Bertz CT molecular complexity index is 442. The van der Waals surface area contributed by atoms with Gasteiger partial charge in [-0.1, -0.05) is 26.0 Å². The van der Waals surface area contributed by atoms with Crippen molar-refractivity contribution in [2.45, 2.75) is 46.5 Å². The van der Waals surface area contributed by atoms with Gasteiger partial charge in [-0.25, -0.2) is 0 Å². The van der Waals surface area contributed by atoms with Gasteiger partial charge >= 0.3 is 5.97 Å². The summed E-state index contributed by atoms with van der Waals surface area (Å²) >= 11 is 0. The highest BCUT2D eigenvalue weighted by Gasteiger charge is 2.46. The van der Waals surface area contributed by atoms with E-state index in [9.17, 15) is 4.79 Å². The van der Waals surface area contributed by atoms with Gasteiger partial charge < -0.3 is 4.74 Å². The molecule has 1 aromatic rings. The van der Waals surface area contributed by atoms with Gasteiger partial charge in [-0.2, -0.15) is 0 Å². The Morgan fingerprint density at radius 3 is 2.53 bits per heavy atom. The lowest BCUT2D eigenvalue weighted by atomic mass is 10.0. The Labute approximate surface area is 103 Å². The minimum absolute atomic E-state index is 0.0787. The van der Waals surface area contributed by atoms with E-state index >= 15 is 0 Å². The monoisotopic (exact) mass is 232 g/mol. The normalized spacial score (nSPS) is 17.0. The van der Waals surface area contributed by atoms with E-state index in [0.717, 1.165) is 29.7 Å². The second kappa shape index (κ2) is 4.17. The van der Waals surface area contributed by atoms with Crippen LogP contribution in [0, 0.1) is 12.3 Å². The van der Waals surface area contributed by atoms with Gasteiger partial charge in [0.1, 0.15) is 5.75 Å². The molecule has 0 bridgehead atoms. The number of benzene rings is 1. The van der Waals surface area contributed by atoms with Crippen molar-refractivity contribution < 1.29 is 9.53 Å². The molecule has 0 N–H and O–H groups in total. The summed E-state index contributed by atoms with van der Waals surface area (Å²) < 4.78 is 5.58. The van der Waals surface area contributed by atoms with E-state index in [2.05, 4.69) is 26.0 Å². The maximum Gasteiger partial charge on any atom is 0.317 e. The van der Waals surface area contributed by atoms with Gasteiger partial charge in [0.25, 0.3) is 0 Å². The van der Waals surface area contributed by atoms with Crippen LogP contribution in [0.25, 0.3) is 0 Å². The van der Waals surface area contributed by atoms with Gasteiger partial charge in [0.15, 0.2) is 0 Å². The molecular formula is C15H20O2. The summed E-state index contributed by atoms with van der Waals surface area (Å²) in [6.07, 6.45) is 1.91. The molecule has 2 heteroatoms. The van der Waals surface area contributed by atoms with Crippen LogP contribution in [0.1, 0.15) is 50.7 Å². The van der Waals surface area contributed by atoms with E-state index < -0.39 is 0 Å². The third-order valence-corrected chi connectivity index (χ3v) is 3.49. The zero-order valence-electron chi connectivity index (χ0n) is 11.0. The van der Waals surface area contributed by atoms with Crippen LogP contribution in [0.4, 0.5) is 0 Å². The molecule has 1 saturated carbocycles.